The first-order chi connectivity index (χ1) is 6.57. The summed E-state index contributed by atoms with van der Waals surface area (Å²) in [6, 6.07) is 0.353. The summed E-state index contributed by atoms with van der Waals surface area (Å²) in [4.78, 5) is 13.2. The fraction of sp³-hybridized carbons (Fsp3) is 0.900. The Morgan fingerprint density at radius 3 is 2.64 bits per heavy atom. The zero-order chi connectivity index (χ0) is 11.0. The topological polar surface area (TPSA) is 41.6 Å². The van der Waals surface area contributed by atoms with Gasteiger partial charge in [0.25, 0.3) is 0 Å². The first kappa shape index (κ1) is 13.4. The van der Waals surface area contributed by atoms with Crippen molar-refractivity contribution in [1.29, 1.82) is 0 Å². The third kappa shape index (κ3) is 6.86. The number of ether oxygens (including phenoxy) is 1. The number of carbonyl (C=O) groups excluding carboxylic acids is 1. The smallest absolute Gasteiger partial charge is 0.236 e. The second-order valence-electron chi connectivity index (χ2n) is 3.70. The van der Waals surface area contributed by atoms with E-state index < -0.39 is 0 Å². The first-order valence-electron chi connectivity index (χ1n) is 5.04. The maximum absolute atomic E-state index is 11.5. The molecule has 0 aliphatic heterocycles. The van der Waals surface area contributed by atoms with E-state index in [-0.39, 0.29) is 5.91 Å². The van der Waals surface area contributed by atoms with E-state index in [2.05, 4.69) is 5.32 Å². The SMILES string of the molecule is COCCCN(C)C(=O)CNC(C)C. The minimum absolute atomic E-state index is 0.134. The minimum atomic E-state index is 0.134. The Morgan fingerprint density at radius 1 is 1.50 bits per heavy atom. The van der Waals surface area contributed by atoms with E-state index in [4.69, 9.17) is 4.74 Å². The summed E-state index contributed by atoms with van der Waals surface area (Å²) < 4.78 is 4.92. The molecule has 0 aromatic rings. The third-order valence-corrected chi connectivity index (χ3v) is 1.93. The summed E-state index contributed by atoms with van der Waals surface area (Å²) >= 11 is 0. The molecule has 0 aromatic heterocycles. The van der Waals surface area contributed by atoms with Gasteiger partial charge in [-0.05, 0) is 6.42 Å². The molecule has 4 nitrogen and oxygen atoms in total. The zero-order valence-electron chi connectivity index (χ0n) is 9.67. The highest BCUT2D eigenvalue weighted by molar-refractivity contribution is 5.77. The highest BCUT2D eigenvalue weighted by Crippen LogP contribution is 1.89. The lowest BCUT2D eigenvalue weighted by molar-refractivity contribution is -0.129. The predicted molar refractivity (Wildman–Crippen MR) is 57.3 cm³/mol. The van der Waals surface area contributed by atoms with Crippen LogP contribution in [0.4, 0.5) is 0 Å². The van der Waals surface area contributed by atoms with Crippen LogP contribution in [0.2, 0.25) is 0 Å². The van der Waals surface area contributed by atoms with Crippen molar-refractivity contribution >= 4 is 5.91 Å². The van der Waals surface area contributed by atoms with Gasteiger partial charge in [-0.25, -0.2) is 0 Å². The van der Waals surface area contributed by atoms with Crippen molar-refractivity contribution in [2.24, 2.45) is 0 Å². The van der Waals surface area contributed by atoms with Gasteiger partial charge in [-0.3, -0.25) is 4.79 Å². The van der Waals surface area contributed by atoms with E-state index in [0.29, 0.717) is 19.2 Å². The van der Waals surface area contributed by atoms with Crippen LogP contribution in [0, 0.1) is 0 Å². The predicted octanol–water partition coefficient (Wildman–Crippen LogP) is 0.479. The lowest BCUT2D eigenvalue weighted by Crippen LogP contribution is -2.38. The van der Waals surface area contributed by atoms with Gasteiger partial charge in [0.2, 0.25) is 5.91 Å². The molecule has 0 bridgehead atoms. The molecule has 4 heteroatoms. The molecule has 1 amide bonds. The molecule has 0 aliphatic rings. The van der Waals surface area contributed by atoms with Gasteiger partial charge in [-0.1, -0.05) is 13.8 Å². The highest BCUT2D eigenvalue weighted by atomic mass is 16.5. The molecule has 0 atom stereocenters. The van der Waals surface area contributed by atoms with Gasteiger partial charge in [-0.15, -0.1) is 0 Å². The monoisotopic (exact) mass is 202 g/mol. The van der Waals surface area contributed by atoms with Crippen LogP contribution in [-0.2, 0) is 9.53 Å². The number of nitrogens with zero attached hydrogens (tertiary/aromatic N) is 1. The van der Waals surface area contributed by atoms with Crippen LogP contribution >= 0.6 is 0 Å². The van der Waals surface area contributed by atoms with Gasteiger partial charge in [0.15, 0.2) is 0 Å². The fourth-order valence-electron chi connectivity index (χ4n) is 0.997. The van der Waals surface area contributed by atoms with E-state index in [1.165, 1.54) is 0 Å². The molecule has 0 fully saturated rings. The molecule has 0 spiro atoms. The van der Waals surface area contributed by atoms with Crippen LogP contribution in [0.1, 0.15) is 20.3 Å². The lowest BCUT2D eigenvalue weighted by Gasteiger charge is -2.18. The van der Waals surface area contributed by atoms with E-state index in [0.717, 1.165) is 13.0 Å². The number of amides is 1. The molecule has 0 rings (SSSR count). The second kappa shape index (κ2) is 7.76. The van der Waals surface area contributed by atoms with Crippen LogP contribution in [0.25, 0.3) is 0 Å². The molecule has 0 saturated carbocycles. The summed E-state index contributed by atoms with van der Waals surface area (Å²) in [5, 5.41) is 3.09. The number of likely N-dealkylation sites (N-methyl/N-ethyl adjacent to an activating group) is 1. The molecule has 1 N–H and O–H groups in total. The lowest BCUT2D eigenvalue weighted by atomic mass is 10.3. The number of nitrogens with one attached hydrogen (secondary N) is 1. The number of methoxy groups -OCH3 is 1. The molecule has 14 heavy (non-hydrogen) atoms. The molecular weight excluding hydrogens is 180 g/mol. The number of hydrogen-bond donors (Lipinski definition) is 1. The molecule has 0 unspecified atom stereocenters. The summed E-state index contributed by atoms with van der Waals surface area (Å²) in [6.07, 6.45) is 0.889. The van der Waals surface area contributed by atoms with Gasteiger partial charge in [0, 0.05) is 33.4 Å². The van der Waals surface area contributed by atoms with Crippen molar-refractivity contribution in [3.05, 3.63) is 0 Å². The Hall–Kier alpha value is -0.610. The van der Waals surface area contributed by atoms with Crippen LogP contribution in [0.3, 0.4) is 0 Å². The van der Waals surface area contributed by atoms with Crippen LogP contribution in [-0.4, -0.2) is 50.7 Å². The summed E-state index contributed by atoms with van der Waals surface area (Å²) in [5.74, 6) is 0.134. The zero-order valence-corrected chi connectivity index (χ0v) is 9.67. The second-order valence-corrected chi connectivity index (χ2v) is 3.70. The van der Waals surface area contributed by atoms with Gasteiger partial charge >= 0.3 is 0 Å². The maximum atomic E-state index is 11.5. The van der Waals surface area contributed by atoms with E-state index in [1.807, 2.05) is 20.9 Å². The quantitative estimate of drug-likeness (QED) is 0.611. The highest BCUT2D eigenvalue weighted by Gasteiger charge is 2.07. The van der Waals surface area contributed by atoms with Gasteiger partial charge < -0.3 is 15.0 Å². The van der Waals surface area contributed by atoms with Crippen molar-refractivity contribution in [3.8, 4) is 0 Å². The van der Waals surface area contributed by atoms with Crippen molar-refractivity contribution in [2.75, 3.05) is 33.9 Å². The van der Waals surface area contributed by atoms with Crippen molar-refractivity contribution in [2.45, 2.75) is 26.3 Å². The average molecular weight is 202 g/mol. The van der Waals surface area contributed by atoms with E-state index >= 15 is 0 Å². The van der Waals surface area contributed by atoms with Crippen LogP contribution in [0.15, 0.2) is 0 Å². The number of hydrogen-bond acceptors (Lipinski definition) is 3. The summed E-state index contributed by atoms with van der Waals surface area (Å²) in [7, 11) is 3.49. The van der Waals surface area contributed by atoms with Crippen LogP contribution < -0.4 is 5.32 Å². The number of carbonyl (C=O) groups is 1. The largest absolute Gasteiger partial charge is 0.385 e. The third-order valence-electron chi connectivity index (χ3n) is 1.93. The Labute approximate surface area is 86.6 Å². The molecule has 0 radical (unpaired) electrons. The Morgan fingerprint density at radius 2 is 2.14 bits per heavy atom. The summed E-state index contributed by atoms with van der Waals surface area (Å²) in [5.41, 5.74) is 0. The van der Waals surface area contributed by atoms with E-state index in [9.17, 15) is 4.79 Å². The normalized spacial score (nSPS) is 10.6. The molecular formula is C10H22N2O2. The van der Waals surface area contributed by atoms with Gasteiger partial charge in [0.05, 0.1) is 6.54 Å². The fourth-order valence-corrected chi connectivity index (χ4v) is 0.997. The van der Waals surface area contributed by atoms with Crippen molar-refractivity contribution in [1.82, 2.24) is 10.2 Å². The number of rotatable bonds is 7. The average Bonchev–Trinajstić information content (AvgIpc) is 2.14. The maximum Gasteiger partial charge on any atom is 0.236 e. The van der Waals surface area contributed by atoms with Crippen molar-refractivity contribution < 1.29 is 9.53 Å². The van der Waals surface area contributed by atoms with Gasteiger partial charge in [0.1, 0.15) is 0 Å². The first-order valence-corrected chi connectivity index (χ1v) is 5.04. The Balaban J connectivity index is 3.54. The molecule has 0 saturated heterocycles. The Bertz CT molecular complexity index is 160. The molecule has 0 aliphatic carbocycles. The van der Waals surface area contributed by atoms with E-state index in [1.54, 1.807) is 12.0 Å². The Kier molecular flexibility index (Phi) is 7.42. The summed E-state index contributed by atoms with van der Waals surface area (Å²) in [6.45, 7) is 5.93. The van der Waals surface area contributed by atoms with Crippen LogP contribution in [0.5, 0.6) is 0 Å². The molecule has 0 heterocycles. The minimum Gasteiger partial charge on any atom is -0.385 e. The molecule has 0 aromatic carbocycles. The standard InChI is InChI=1S/C10H22N2O2/c1-9(2)11-8-10(13)12(3)6-5-7-14-4/h9,11H,5-8H2,1-4H3. The van der Waals surface area contributed by atoms with Gasteiger partial charge in [-0.2, -0.15) is 0 Å². The van der Waals surface area contributed by atoms with Crippen molar-refractivity contribution in [3.63, 3.8) is 0 Å². The molecule has 84 valence electrons.